The van der Waals surface area contributed by atoms with Crippen LogP contribution in [0.1, 0.15) is 28.8 Å². The van der Waals surface area contributed by atoms with Crippen molar-refractivity contribution in [2.45, 2.75) is 13.5 Å². The first-order valence-corrected chi connectivity index (χ1v) is 11.0. The maximum Gasteiger partial charge on any atom is 0.331 e. The molecule has 8 nitrogen and oxygen atoms in total. The Balaban J connectivity index is 1.45. The molecule has 1 amide bonds. The summed E-state index contributed by atoms with van der Waals surface area (Å²) in [6.07, 6.45) is 4.45. The average Bonchev–Trinajstić information content (AvgIpc) is 3.53. The van der Waals surface area contributed by atoms with Gasteiger partial charge < -0.3 is 14.5 Å². The zero-order valence-electron chi connectivity index (χ0n) is 19.3. The number of carbonyl (C=O) groups is 3. The number of furan rings is 1. The highest BCUT2D eigenvalue weighted by Gasteiger charge is 2.15. The van der Waals surface area contributed by atoms with Crippen LogP contribution in [-0.4, -0.2) is 34.0 Å². The predicted octanol–water partition coefficient (Wildman–Crippen LogP) is 4.35. The molecule has 2 aromatic heterocycles. The summed E-state index contributed by atoms with van der Waals surface area (Å²) in [5, 5.41) is 7.16. The summed E-state index contributed by atoms with van der Waals surface area (Å²) >= 11 is 0. The number of ether oxygens (including phenoxy) is 1. The third-order valence-electron chi connectivity index (χ3n) is 5.07. The quantitative estimate of drug-likeness (QED) is 0.214. The largest absolute Gasteiger partial charge is 0.456 e. The molecular formula is C27H22FN3O5. The zero-order valence-corrected chi connectivity index (χ0v) is 19.3. The minimum absolute atomic E-state index is 0.0230. The lowest BCUT2D eigenvalue weighted by molar-refractivity contribution is -0.136. The highest BCUT2D eigenvalue weighted by Crippen LogP contribution is 2.25. The molecule has 182 valence electrons. The van der Waals surface area contributed by atoms with Gasteiger partial charge in [0.25, 0.3) is 0 Å². The second-order valence-corrected chi connectivity index (χ2v) is 7.76. The van der Waals surface area contributed by atoms with Crippen LogP contribution < -0.4 is 5.32 Å². The Labute approximate surface area is 206 Å². The molecule has 0 unspecified atom stereocenters. The van der Waals surface area contributed by atoms with Gasteiger partial charge in [0, 0.05) is 30.3 Å². The van der Waals surface area contributed by atoms with Crippen LogP contribution in [0.4, 0.5) is 4.39 Å². The van der Waals surface area contributed by atoms with E-state index in [9.17, 15) is 18.8 Å². The predicted molar refractivity (Wildman–Crippen MR) is 130 cm³/mol. The number of para-hydroxylation sites is 1. The second kappa shape index (κ2) is 11.1. The standard InChI is InChI=1S/C27H22FN3O5/c1-18(32)29-15-23-12-13-25(36-23)24(33)17-35-26(34)14-9-20-16-31(22-5-3-2-4-6-22)30-27(20)19-7-10-21(28)11-8-19/h2-14,16H,15,17H2,1H3,(H,29,32). The molecule has 0 radical (unpaired) electrons. The number of ketones is 1. The van der Waals surface area contributed by atoms with Gasteiger partial charge in [0.15, 0.2) is 12.4 Å². The molecule has 36 heavy (non-hydrogen) atoms. The Kier molecular flexibility index (Phi) is 7.50. The molecule has 0 aliphatic rings. The van der Waals surface area contributed by atoms with E-state index in [1.165, 1.54) is 37.3 Å². The average molecular weight is 487 g/mol. The van der Waals surface area contributed by atoms with Gasteiger partial charge in [0.05, 0.1) is 17.9 Å². The molecule has 0 fully saturated rings. The number of hydrogen-bond acceptors (Lipinski definition) is 6. The maximum atomic E-state index is 13.4. The smallest absolute Gasteiger partial charge is 0.331 e. The lowest BCUT2D eigenvalue weighted by atomic mass is 10.1. The van der Waals surface area contributed by atoms with Crippen molar-refractivity contribution in [2.75, 3.05) is 6.61 Å². The number of benzene rings is 2. The summed E-state index contributed by atoms with van der Waals surface area (Å²) in [5.41, 5.74) is 2.62. The molecule has 4 rings (SSSR count). The topological polar surface area (TPSA) is 103 Å². The zero-order chi connectivity index (χ0) is 25.5. The first-order chi connectivity index (χ1) is 17.4. The monoisotopic (exact) mass is 487 g/mol. The van der Waals surface area contributed by atoms with Gasteiger partial charge in [-0.05, 0) is 54.6 Å². The van der Waals surface area contributed by atoms with Crippen LogP contribution >= 0.6 is 0 Å². The number of nitrogens with one attached hydrogen (secondary N) is 1. The number of halogens is 1. The van der Waals surface area contributed by atoms with Gasteiger partial charge in [-0.15, -0.1) is 0 Å². The van der Waals surface area contributed by atoms with Crippen molar-refractivity contribution < 1.29 is 27.9 Å². The van der Waals surface area contributed by atoms with E-state index in [0.717, 1.165) is 5.69 Å². The van der Waals surface area contributed by atoms with Crippen LogP contribution in [0.3, 0.4) is 0 Å². The number of carbonyl (C=O) groups excluding carboxylic acids is 3. The number of Topliss-reactive ketones (excluding diaryl/α,β-unsaturated/α-hetero) is 1. The van der Waals surface area contributed by atoms with E-state index >= 15 is 0 Å². The molecule has 4 aromatic rings. The van der Waals surface area contributed by atoms with Gasteiger partial charge in [0.1, 0.15) is 11.6 Å². The normalized spacial score (nSPS) is 10.9. The van der Waals surface area contributed by atoms with Crippen molar-refractivity contribution in [3.63, 3.8) is 0 Å². The molecule has 0 bridgehead atoms. The fourth-order valence-electron chi connectivity index (χ4n) is 3.30. The second-order valence-electron chi connectivity index (χ2n) is 7.76. The Bertz CT molecular complexity index is 1400. The van der Waals surface area contributed by atoms with E-state index in [4.69, 9.17) is 9.15 Å². The lowest BCUT2D eigenvalue weighted by Crippen LogP contribution is -2.18. The molecule has 9 heteroatoms. The van der Waals surface area contributed by atoms with Gasteiger partial charge in [-0.25, -0.2) is 13.9 Å². The summed E-state index contributed by atoms with van der Waals surface area (Å²) in [6.45, 7) is 1.01. The molecule has 0 saturated carbocycles. The first-order valence-electron chi connectivity index (χ1n) is 11.0. The van der Waals surface area contributed by atoms with E-state index in [0.29, 0.717) is 22.6 Å². The highest BCUT2D eigenvalue weighted by atomic mass is 19.1. The van der Waals surface area contributed by atoms with Crippen LogP contribution in [0, 0.1) is 5.82 Å². The SMILES string of the molecule is CC(=O)NCc1ccc(C(=O)COC(=O)C=Cc2cn(-c3ccccc3)nc2-c2ccc(F)cc2)o1. The molecule has 2 heterocycles. The van der Waals surface area contributed by atoms with E-state index in [1.54, 1.807) is 29.1 Å². The van der Waals surface area contributed by atoms with Crippen molar-refractivity contribution in [3.05, 3.63) is 102 Å². The molecule has 0 spiro atoms. The Morgan fingerprint density at radius 3 is 2.53 bits per heavy atom. The van der Waals surface area contributed by atoms with Crippen molar-refractivity contribution in [1.29, 1.82) is 0 Å². The Hall–Kier alpha value is -4.79. The van der Waals surface area contributed by atoms with Gasteiger partial charge in [-0.2, -0.15) is 5.10 Å². The summed E-state index contributed by atoms with van der Waals surface area (Å²) in [4.78, 5) is 35.5. The summed E-state index contributed by atoms with van der Waals surface area (Å²) in [5.74, 6) is -1.42. The van der Waals surface area contributed by atoms with Crippen LogP contribution in [0.15, 0.2) is 83.4 Å². The van der Waals surface area contributed by atoms with Crippen molar-refractivity contribution in [1.82, 2.24) is 15.1 Å². The number of aromatic nitrogens is 2. The summed E-state index contributed by atoms with van der Waals surface area (Å²) in [6, 6.07) is 18.3. The van der Waals surface area contributed by atoms with Crippen LogP contribution in [0.5, 0.6) is 0 Å². The van der Waals surface area contributed by atoms with Crippen molar-refractivity contribution in [2.24, 2.45) is 0 Å². The van der Waals surface area contributed by atoms with Crippen molar-refractivity contribution in [3.8, 4) is 16.9 Å². The van der Waals surface area contributed by atoms with E-state index < -0.39 is 18.4 Å². The van der Waals surface area contributed by atoms with Gasteiger partial charge in [0.2, 0.25) is 11.7 Å². The third-order valence-corrected chi connectivity index (χ3v) is 5.07. The molecular weight excluding hydrogens is 465 g/mol. The van der Waals surface area contributed by atoms with Crippen LogP contribution in [-0.2, 0) is 20.9 Å². The Morgan fingerprint density at radius 2 is 1.81 bits per heavy atom. The Morgan fingerprint density at radius 1 is 1.06 bits per heavy atom. The fourth-order valence-corrected chi connectivity index (χ4v) is 3.30. The highest BCUT2D eigenvalue weighted by molar-refractivity contribution is 5.97. The number of esters is 1. The maximum absolute atomic E-state index is 13.4. The summed E-state index contributed by atoms with van der Waals surface area (Å²) < 4.78 is 25.5. The van der Waals surface area contributed by atoms with Gasteiger partial charge >= 0.3 is 5.97 Å². The number of hydrogen-bond donors (Lipinski definition) is 1. The number of nitrogens with zero attached hydrogens (tertiary/aromatic N) is 2. The van der Waals surface area contributed by atoms with Crippen molar-refractivity contribution >= 4 is 23.7 Å². The molecule has 0 aliphatic heterocycles. The fraction of sp³-hybridized carbons (Fsp3) is 0.111. The van der Waals surface area contributed by atoms with Crippen LogP contribution in [0.2, 0.25) is 0 Å². The van der Waals surface area contributed by atoms with E-state index in [2.05, 4.69) is 10.4 Å². The number of amides is 1. The van der Waals surface area contributed by atoms with Crippen LogP contribution in [0.25, 0.3) is 23.0 Å². The van der Waals surface area contributed by atoms with Gasteiger partial charge in [-0.1, -0.05) is 18.2 Å². The molecule has 2 aromatic carbocycles. The molecule has 0 saturated heterocycles. The molecule has 1 N–H and O–H groups in total. The minimum Gasteiger partial charge on any atom is -0.456 e. The summed E-state index contributed by atoms with van der Waals surface area (Å²) in [7, 11) is 0. The minimum atomic E-state index is -0.731. The van der Waals surface area contributed by atoms with E-state index in [1.807, 2.05) is 30.3 Å². The lowest BCUT2D eigenvalue weighted by Gasteiger charge is -2.01. The van der Waals surface area contributed by atoms with E-state index in [-0.39, 0.29) is 24.0 Å². The molecule has 0 atom stereocenters. The van der Waals surface area contributed by atoms with Gasteiger partial charge in [-0.3, -0.25) is 9.59 Å². The number of rotatable bonds is 9. The third kappa shape index (κ3) is 6.20. The first kappa shape index (κ1) is 24.3. The molecule has 0 aliphatic carbocycles.